The molecule has 1 unspecified atom stereocenters. The Balaban J connectivity index is 1.95. The highest BCUT2D eigenvalue weighted by molar-refractivity contribution is 5.50. The summed E-state index contributed by atoms with van der Waals surface area (Å²) < 4.78 is 0. The van der Waals surface area contributed by atoms with Crippen molar-refractivity contribution < 1.29 is 0 Å². The standard InChI is InChI=1S/C15H21N3/c1-3-13(2)17-8-10-18(11-9-17)15-6-4-14(12-16)5-7-15/h4-7,13H,3,8-11H2,1-2H3. The number of piperazine rings is 1. The fraction of sp³-hybridized carbons (Fsp3) is 0.533. The molecule has 1 aliphatic heterocycles. The summed E-state index contributed by atoms with van der Waals surface area (Å²) in [6.45, 7) is 8.98. The molecule has 1 atom stereocenters. The highest BCUT2D eigenvalue weighted by atomic mass is 15.3. The van der Waals surface area contributed by atoms with Crippen molar-refractivity contribution in [1.29, 1.82) is 5.26 Å². The molecule has 1 saturated heterocycles. The zero-order valence-corrected chi connectivity index (χ0v) is 11.3. The van der Waals surface area contributed by atoms with E-state index in [4.69, 9.17) is 5.26 Å². The number of nitriles is 1. The van der Waals surface area contributed by atoms with E-state index < -0.39 is 0 Å². The Hall–Kier alpha value is -1.53. The summed E-state index contributed by atoms with van der Waals surface area (Å²) in [5.74, 6) is 0. The predicted molar refractivity (Wildman–Crippen MR) is 74.7 cm³/mol. The van der Waals surface area contributed by atoms with Gasteiger partial charge in [0.15, 0.2) is 0 Å². The van der Waals surface area contributed by atoms with Gasteiger partial charge in [-0.15, -0.1) is 0 Å². The van der Waals surface area contributed by atoms with E-state index in [1.807, 2.05) is 12.1 Å². The van der Waals surface area contributed by atoms with Crippen LogP contribution in [0, 0.1) is 11.3 Å². The first-order chi connectivity index (χ1) is 8.74. The van der Waals surface area contributed by atoms with Crippen LogP contribution in [0.2, 0.25) is 0 Å². The Labute approximate surface area is 110 Å². The second kappa shape index (κ2) is 5.88. The van der Waals surface area contributed by atoms with Gasteiger partial charge in [-0.2, -0.15) is 5.26 Å². The molecule has 18 heavy (non-hydrogen) atoms. The van der Waals surface area contributed by atoms with Gasteiger partial charge in [0.05, 0.1) is 11.6 Å². The van der Waals surface area contributed by atoms with E-state index in [2.05, 4.69) is 41.8 Å². The van der Waals surface area contributed by atoms with Gasteiger partial charge < -0.3 is 4.90 Å². The van der Waals surface area contributed by atoms with Crippen LogP contribution >= 0.6 is 0 Å². The Morgan fingerprint density at radius 2 is 1.78 bits per heavy atom. The van der Waals surface area contributed by atoms with Crippen molar-refractivity contribution in [2.75, 3.05) is 31.1 Å². The molecule has 0 bridgehead atoms. The maximum Gasteiger partial charge on any atom is 0.0991 e. The third kappa shape index (κ3) is 2.83. The minimum Gasteiger partial charge on any atom is -0.369 e. The van der Waals surface area contributed by atoms with Crippen LogP contribution in [0.5, 0.6) is 0 Å². The monoisotopic (exact) mass is 243 g/mol. The van der Waals surface area contributed by atoms with Crippen LogP contribution in [0.4, 0.5) is 5.69 Å². The highest BCUT2D eigenvalue weighted by Gasteiger charge is 2.19. The lowest BCUT2D eigenvalue weighted by atomic mass is 10.1. The summed E-state index contributed by atoms with van der Waals surface area (Å²) >= 11 is 0. The van der Waals surface area contributed by atoms with Gasteiger partial charge in [0.25, 0.3) is 0 Å². The van der Waals surface area contributed by atoms with Crippen LogP contribution < -0.4 is 4.90 Å². The summed E-state index contributed by atoms with van der Waals surface area (Å²) in [7, 11) is 0. The molecule has 0 saturated carbocycles. The lowest BCUT2D eigenvalue weighted by Gasteiger charge is -2.39. The van der Waals surface area contributed by atoms with Crippen molar-refractivity contribution in [3.63, 3.8) is 0 Å². The highest BCUT2D eigenvalue weighted by Crippen LogP contribution is 2.18. The first-order valence-electron chi connectivity index (χ1n) is 6.73. The Kier molecular flexibility index (Phi) is 4.22. The molecule has 1 aromatic rings. The summed E-state index contributed by atoms with van der Waals surface area (Å²) in [4.78, 5) is 4.96. The first-order valence-corrected chi connectivity index (χ1v) is 6.73. The average molecular weight is 243 g/mol. The van der Waals surface area contributed by atoms with Gasteiger partial charge >= 0.3 is 0 Å². The maximum atomic E-state index is 8.79. The van der Waals surface area contributed by atoms with Crippen LogP contribution in [0.1, 0.15) is 25.8 Å². The molecule has 3 nitrogen and oxygen atoms in total. The van der Waals surface area contributed by atoms with Gasteiger partial charge in [-0.05, 0) is 37.6 Å². The quantitative estimate of drug-likeness (QED) is 0.817. The number of anilines is 1. The first kappa shape index (κ1) is 12.9. The van der Waals surface area contributed by atoms with Crippen LogP contribution in [-0.2, 0) is 0 Å². The largest absolute Gasteiger partial charge is 0.369 e. The zero-order chi connectivity index (χ0) is 13.0. The van der Waals surface area contributed by atoms with Crippen LogP contribution in [0.3, 0.4) is 0 Å². The SMILES string of the molecule is CCC(C)N1CCN(c2ccc(C#N)cc2)CC1. The molecule has 0 aliphatic carbocycles. The molecule has 0 amide bonds. The van der Waals surface area contributed by atoms with Crippen molar-refractivity contribution in [3.8, 4) is 6.07 Å². The molecule has 2 rings (SSSR count). The van der Waals surface area contributed by atoms with Crippen molar-refractivity contribution >= 4 is 5.69 Å². The summed E-state index contributed by atoms with van der Waals surface area (Å²) in [5.41, 5.74) is 1.97. The molecular weight excluding hydrogens is 222 g/mol. The lowest BCUT2D eigenvalue weighted by Crippen LogP contribution is -2.49. The molecule has 1 fully saturated rings. The van der Waals surface area contributed by atoms with E-state index in [-0.39, 0.29) is 0 Å². The molecule has 0 aromatic heterocycles. The van der Waals surface area contributed by atoms with Gasteiger partial charge in [0.1, 0.15) is 0 Å². The summed E-state index contributed by atoms with van der Waals surface area (Å²) in [6, 6.07) is 10.8. The van der Waals surface area contributed by atoms with Crippen LogP contribution in [0.15, 0.2) is 24.3 Å². The fourth-order valence-corrected chi connectivity index (χ4v) is 2.43. The van der Waals surface area contributed by atoms with Crippen LogP contribution in [-0.4, -0.2) is 37.1 Å². The third-order valence-electron chi connectivity index (χ3n) is 3.89. The van der Waals surface area contributed by atoms with Gasteiger partial charge in [-0.3, -0.25) is 4.90 Å². The van der Waals surface area contributed by atoms with Crippen LogP contribution in [0.25, 0.3) is 0 Å². The van der Waals surface area contributed by atoms with Crippen molar-refractivity contribution in [3.05, 3.63) is 29.8 Å². The van der Waals surface area contributed by atoms with Gasteiger partial charge in [-0.1, -0.05) is 6.92 Å². The molecule has 0 N–H and O–H groups in total. The number of hydrogen-bond acceptors (Lipinski definition) is 3. The summed E-state index contributed by atoms with van der Waals surface area (Å²) in [6.07, 6.45) is 1.22. The molecule has 3 heteroatoms. The Bertz CT molecular complexity index is 410. The normalized spacial score (nSPS) is 18.4. The summed E-state index contributed by atoms with van der Waals surface area (Å²) in [5, 5.41) is 8.79. The van der Waals surface area contributed by atoms with Gasteiger partial charge in [0.2, 0.25) is 0 Å². The third-order valence-corrected chi connectivity index (χ3v) is 3.89. The van der Waals surface area contributed by atoms with Gasteiger partial charge in [-0.25, -0.2) is 0 Å². The zero-order valence-electron chi connectivity index (χ0n) is 11.3. The maximum absolute atomic E-state index is 8.79. The topological polar surface area (TPSA) is 30.3 Å². The second-order valence-electron chi connectivity index (χ2n) is 4.94. The second-order valence-corrected chi connectivity index (χ2v) is 4.94. The number of hydrogen-bond donors (Lipinski definition) is 0. The van der Waals surface area contributed by atoms with E-state index in [1.165, 1.54) is 12.1 Å². The van der Waals surface area contributed by atoms with E-state index in [0.29, 0.717) is 6.04 Å². The molecule has 0 radical (unpaired) electrons. The Morgan fingerprint density at radius 1 is 1.17 bits per heavy atom. The number of benzene rings is 1. The molecule has 1 heterocycles. The molecule has 0 spiro atoms. The van der Waals surface area contributed by atoms with E-state index in [9.17, 15) is 0 Å². The van der Waals surface area contributed by atoms with Crippen molar-refractivity contribution in [1.82, 2.24) is 4.90 Å². The van der Waals surface area contributed by atoms with E-state index in [0.717, 1.165) is 31.7 Å². The fourth-order valence-electron chi connectivity index (χ4n) is 2.43. The minimum atomic E-state index is 0.688. The number of rotatable bonds is 3. The molecule has 96 valence electrons. The molecular formula is C15H21N3. The smallest absolute Gasteiger partial charge is 0.0991 e. The average Bonchev–Trinajstić information content (AvgIpc) is 2.47. The Morgan fingerprint density at radius 3 is 2.28 bits per heavy atom. The van der Waals surface area contributed by atoms with Gasteiger partial charge in [0, 0.05) is 37.9 Å². The number of nitrogens with zero attached hydrogens (tertiary/aromatic N) is 3. The van der Waals surface area contributed by atoms with Crippen molar-refractivity contribution in [2.45, 2.75) is 26.3 Å². The van der Waals surface area contributed by atoms with E-state index >= 15 is 0 Å². The predicted octanol–water partition coefficient (Wildman–Crippen LogP) is 2.48. The minimum absolute atomic E-state index is 0.688. The lowest BCUT2D eigenvalue weighted by molar-refractivity contribution is 0.193. The molecule has 1 aromatic carbocycles. The van der Waals surface area contributed by atoms with Crippen molar-refractivity contribution in [2.24, 2.45) is 0 Å². The van der Waals surface area contributed by atoms with E-state index in [1.54, 1.807) is 0 Å². The molecule has 1 aliphatic rings.